The van der Waals surface area contributed by atoms with Crippen LogP contribution in [0, 0.1) is 0 Å². The molecule has 5 nitrogen and oxygen atoms in total. The molecule has 1 unspecified atom stereocenters. The molecule has 0 saturated carbocycles. The first-order chi connectivity index (χ1) is 15.6. The van der Waals surface area contributed by atoms with E-state index in [9.17, 15) is 5.11 Å². The van der Waals surface area contributed by atoms with Gasteiger partial charge in [-0.05, 0) is 23.6 Å². The highest BCUT2D eigenvalue weighted by molar-refractivity contribution is 5.15. The van der Waals surface area contributed by atoms with Crippen molar-refractivity contribution in [3.8, 4) is 0 Å². The van der Waals surface area contributed by atoms with Gasteiger partial charge in [0.05, 0.1) is 26.4 Å². The molecule has 32 heavy (non-hydrogen) atoms. The van der Waals surface area contributed by atoms with Gasteiger partial charge in [-0.2, -0.15) is 0 Å². The van der Waals surface area contributed by atoms with Gasteiger partial charge in [-0.25, -0.2) is 0 Å². The quantitative estimate of drug-likeness (QED) is 0.510. The molecular formula is C27H30O5. The summed E-state index contributed by atoms with van der Waals surface area (Å²) < 4.78 is 24.3. The van der Waals surface area contributed by atoms with Crippen molar-refractivity contribution in [1.82, 2.24) is 0 Å². The van der Waals surface area contributed by atoms with Crippen LogP contribution in [0.25, 0.3) is 0 Å². The lowest BCUT2D eigenvalue weighted by atomic mass is 10.1. The molecule has 1 aliphatic rings. The third kappa shape index (κ3) is 6.03. The van der Waals surface area contributed by atoms with Crippen LogP contribution in [-0.2, 0) is 38.8 Å². The lowest BCUT2D eigenvalue weighted by molar-refractivity contribution is -0.231. The minimum Gasteiger partial charge on any atom is -0.374 e. The Morgan fingerprint density at radius 2 is 1.19 bits per heavy atom. The van der Waals surface area contributed by atoms with E-state index in [0.717, 1.165) is 16.7 Å². The van der Waals surface area contributed by atoms with Crippen molar-refractivity contribution >= 4 is 0 Å². The normalized spacial score (nSPS) is 25.1. The number of ether oxygens (including phenoxy) is 4. The minimum absolute atomic E-state index is 0.287. The van der Waals surface area contributed by atoms with Crippen LogP contribution in [0.2, 0.25) is 0 Å². The molecule has 3 aromatic carbocycles. The third-order valence-corrected chi connectivity index (χ3v) is 5.53. The van der Waals surface area contributed by atoms with Crippen molar-refractivity contribution in [3.05, 3.63) is 108 Å². The predicted octanol–water partition coefficient (Wildman–Crippen LogP) is 4.48. The molecule has 1 aliphatic heterocycles. The fraction of sp³-hybridized carbons (Fsp3) is 0.333. The molecule has 0 radical (unpaired) electrons. The van der Waals surface area contributed by atoms with Crippen LogP contribution in [0.5, 0.6) is 0 Å². The Kier molecular flexibility index (Phi) is 7.68. The standard InChI is InChI=1S/C27H30O5/c1-27(28)26(31-19-23-15-9-4-10-16-23)25(30-18-22-13-7-3-8-14-22)24(32-27)20-29-17-21-11-5-2-6-12-21/h2-16,24-26,28H,17-20H2,1H3/t24-,25-,26-,27?/m0/s1. The molecule has 0 bridgehead atoms. The second-order valence-electron chi connectivity index (χ2n) is 8.19. The maximum atomic E-state index is 11.0. The average molecular weight is 435 g/mol. The predicted molar refractivity (Wildman–Crippen MR) is 122 cm³/mol. The van der Waals surface area contributed by atoms with Crippen LogP contribution in [0.1, 0.15) is 23.6 Å². The number of hydrogen-bond donors (Lipinski definition) is 1. The molecular weight excluding hydrogens is 404 g/mol. The fourth-order valence-corrected chi connectivity index (χ4v) is 3.91. The molecule has 3 aromatic rings. The van der Waals surface area contributed by atoms with E-state index in [2.05, 4.69) is 0 Å². The zero-order valence-electron chi connectivity index (χ0n) is 18.3. The summed E-state index contributed by atoms with van der Waals surface area (Å²) in [7, 11) is 0. The van der Waals surface area contributed by atoms with E-state index in [4.69, 9.17) is 18.9 Å². The summed E-state index contributed by atoms with van der Waals surface area (Å²) in [6.45, 7) is 3.12. The van der Waals surface area contributed by atoms with E-state index in [1.54, 1.807) is 6.92 Å². The lowest BCUT2D eigenvalue weighted by Crippen LogP contribution is -2.44. The monoisotopic (exact) mass is 434 g/mol. The van der Waals surface area contributed by atoms with E-state index >= 15 is 0 Å². The van der Waals surface area contributed by atoms with Gasteiger partial charge >= 0.3 is 0 Å². The molecule has 4 rings (SSSR count). The molecule has 0 spiro atoms. The van der Waals surface area contributed by atoms with E-state index in [1.165, 1.54) is 0 Å². The number of benzene rings is 3. The molecule has 5 heteroatoms. The summed E-state index contributed by atoms with van der Waals surface area (Å²) >= 11 is 0. The second kappa shape index (κ2) is 10.9. The molecule has 1 heterocycles. The third-order valence-electron chi connectivity index (χ3n) is 5.53. The summed E-state index contributed by atoms with van der Waals surface area (Å²) in [6, 6.07) is 29.8. The molecule has 1 N–H and O–H groups in total. The number of hydrogen-bond acceptors (Lipinski definition) is 5. The smallest absolute Gasteiger partial charge is 0.192 e. The maximum absolute atomic E-state index is 11.0. The zero-order valence-corrected chi connectivity index (χ0v) is 18.3. The Balaban J connectivity index is 1.44. The number of aliphatic hydroxyl groups is 1. The lowest BCUT2D eigenvalue weighted by Gasteiger charge is -2.27. The zero-order chi connectivity index (χ0) is 22.2. The molecule has 0 aliphatic carbocycles. The SMILES string of the molecule is CC1(O)O[C@@H](COCc2ccccc2)[C@H](OCc2ccccc2)[C@@H]1OCc1ccccc1. The van der Waals surface area contributed by atoms with Crippen molar-refractivity contribution in [2.45, 2.75) is 50.8 Å². The Morgan fingerprint density at radius 1 is 0.719 bits per heavy atom. The van der Waals surface area contributed by atoms with Gasteiger partial charge in [0.15, 0.2) is 5.79 Å². The Hall–Kier alpha value is -2.54. The minimum atomic E-state index is -1.49. The highest BCUT2D eigenvalue weighted by Gasteiger charge is 2.53. The topological polar surface area (TPSA) is 57.2 Å². The Bertz CT molecular complexity index is 930. The summed E-state index contributed by atoms with van der Waals surface area (Å²) in [5, 5.41) is 11.0. The van der Waals surface area contributed by atoms with Gasteiger partial charge in [0.2, 0.25) is 0 Å². The number of rotatable bonds is 10. The largest absolute Gasteiger partial charge is 0.374 e. The molecule has 1 saturated heterocycles. The maximum Gasteiger partial charge on any atom is 0.192 e. The summed E-state index contributed by atoms with van der Waals surface area (Å²) in [5.41, 5.74) is 3.15. The first kappa shape index (κ1) is 22.6. The van der Waals surface area contributed by atoms with E-state index in [0.29, 0.717) is 19.8 Å². The Morgan fingerprint density at radius 3 is 1.72 bits per heavy atom. The average Bonchev–Trinajstić information content (AvgIpc) is 3.07. The van der Waals surface area contributed by atoms with Gasteiger partial charge < -0.3 is 24.1 Å². The van der Waals surface area contributed by atoms with Crippen LogP contribution in [0.15, 0.2) is 91.0 Å². The van der Waals surface area contributed by atoms with Gasteiger partial charge in [0.1, 0.15) is 18.3 Å². The van der Waals surface area contributed by atoms with Crippen molar-refractivity contribution in [2.24, 2.45) is 0 Å². The van der Waals surface area contributed by atoms with E-state index in [-0.39, 0.29) is 6.61 Å². The van der Waals surface area contributed by atoms with Gasteiger partial charge in [-0.15, -0.1) is 0 Å². The van der Waals surface area contributed by atoms with Crippen molar-refractivity contribution in [3.63, 3.8) is 0 Å². The highest BCUT2D eigenvalue weighted by atomic mass is 16.7. The van der Waals surface area contributed by atoms with E-state index < -0.39 is 24.1 Å². The second-order valence-corrected chi connectivity index (χ2v) is 8.19. The summed E-state index contributed by atoms with van der Waals surface area (Å²) in [6.07, 6.45) is -1.60. The first-order valence-electron chi connectivity index (χ1n) is 10.9. The van der Waals surface area contributed by atoms with Crippen LogP contribution in [-0.4, -0.2) is 35.8 Å². The molecule has 1 fully saturated rings. The van der Waals surface area contributed by atoms with Crippen LogP contribution in [0.4, 0.5) is 0 Å². The fourth-order valence-electron chi connectivity index (χ4n) is 3.91. The summed E-state index contributed by atoms with van der Waals surface area (Å²) in [5.74, 6) is -1.49. The molecule has 4 atom stereocenters. The van der Waals surface area contributed by atoms with Crippen LogP contribution < -0.4 is 0 Å². The van der Waals surface area contributed by atoms with Crippen molar-refractivity contribution in [2.75, 3.05) is 6.61 Å². The summed E-state index contributed by atoms with van der Waals surface area (Å²) in [4.78, 5) is 0. The molecule has 168 valence electrons. The van der Waals surface area contributed by atoms with Crippen LogP contribution >= 0.6 is 0 Å². The molecule has 0 aromatic heterocycles. The first-order valence-corrected chi connectivity index (χ1v) is 10.9. The van der Waals surface area contributed by atoms with Gasteiger partial charge in [-0.3, -0.25) is 0 Å². The molecule has 0 amide bonds. The van der Waals surface area contributed by atoms with Crippen molar-refractivity contribution in [1.29, 1.82) is 0 Å². The van der Waals surface area contributed by atoms with Gasteiger partial charge in [0.25, 0.3) is 0 Å². The van der Waals surface area contributed by atoms with E-state index in [1.807, 2.05) is 91.0 Å². The van der Waals surface area contributed by atoms with Gasteiger partial charge in [-0.1, -0.05) is 91.0 Å². The van der Waals surface area contributed by atoms with Crippen molar-refractivity contribution < 1.29 is 24.1 Å². The van der Waals surface area contributed by atoms with Crippen LogP contribution in [0.3, 0.4) is 0 Å². The Labute approximate surface area is 189 Å². The van der Waals surface area contributed by atoms with Gasteiger partial charge in [0, 0.05) is 0 Å². The highest BCUT2D eigenvalue weighted by Crippen LogP contribution is 2.34.